The van der Waals surface area contributed by atoms with Crippen LogP contribution in [-0.4, -0.2) is 40.1 Å². The summed E-state index contributed by atoms with van der Waals surface area (Å²) in [5.41, 5.74) is 2.07. The first-order chi connectivity index (χ1) is 10.2. The van der Waals surface area contributed by atoms with Crippen molar-refractivity contribution < 1.29 is 0 Å². The molecule has 5 heteroatoms. The highest BCUT2D eigenvalue weighted by Gasteiger charge is 2.14. The zero-order valence-corrected chi connectivity index (χ0v) is 13.9. The number of rotatable bonds is 6. The minimum absolute atomic E-state index is 0.435. The van der Waals surface area contributed by atoms with Gasteiger partial charge in [-0.15, -0.1) is 0 Å². The van der Waals surface area contributed by atoms with Gasteiger partial charge in [-0.1, -0.05) is 6.92 Å². The lowest BCUT2D eigenvalue weighted by molar-refractivity contribution is 0.750. The third-order valence-corrected chi connectivity index (χ3v) is 4.31. The fourth-order valence-electron chi connectivity index (χ4n) is 2.05. The third-order valence-electron chi connectivity index (χ3n) is 3.50. The summed E-state index contributed by atoms with van der Waals surface area (Å²) in [5.74, 6) is 2.83. The van der Waals surface area contributed by atoms with Crippen LogP contribution in [0, 0.1) is 0 Å². The van der Waals surface area contributed by atoms with E-state index in [2.05, 4.69) is 48.1 Å². The molecule has 0 spiro atoms. The molecule has 0 amide bonds. The number of hydrogen-bond acceptors (Lipinski definition) is 5. The van der Waals surface area contributed by atoms with Crippen LogP contribution in [0.3, 0.4) is 0 Å². The second kappa shape index (κ2) is 7.41. The van der Waals surface area contributed by atoms with Gasteiger partial charge in [0.15, 0.2) is 5.82 Å². The van der Waals surface area contributed by atoms with Gasteiger partial charge in [0.1, 0.15) is 5.82 Å². The van der Waals surface area contributed by atoms with Crippen LogP contribution >= 0.6 is 11.8 Å². The summed E-state index contributed by atoms with van der Waals surface area (Å²) < 4.78 is 0. The molecule has 1 unspecified atom stereocenters. The summed E-state index contributed by atoms with van der Waals surface area (Å²) in [6.45, 7) is 4.34. The maximum Gasteiger partial charge on any atom is 0.161 e. The molecule has 0 saturated carbocycles. The number of aromatic nitrogens is 3. The van der Waals surface area contributed by atoms with Crippen molar-refractivity contribution >= 4 is 17.6 Å². The lowest BCUT2D eigenvalue weighted by atomic mass is 10.2. The molecule has 0 aromatic carbocycles. The van der Waals surface area contributed by atoms with E-state index in [1.165, 1.54) is 0 Å². The summed E-state index contributed by atoms with van der Waals surface area (Å²) in [5, 5.41) is 0. The van der Waals surface area contributed by atoms with Gasteiger partial charge in [-0.05, 0) is 31.7 Å². The van der Waals surface area contributed by atoms with Crippen LogP contribution in [0.4, 0.5) is 5.82 Å². The van der Waals surface area contributed by atoms with Crippen molar-refractivity contribution in [2.75, 3.05) is 24.0 Å². The Bertz CT molecular complexity index is 574. The smallest absolute Gasteiger partial charge is 0.161 e. The number of nitrogens with zero attached hydrogens (tertiary/aromatic N) is 4. The number of pyridine rings is 1. The van der Waals surface area contributed by atoms with Crippen molar-refractivity contribution in [1.29, 1.82) is 0 Å². The SMILES string of the molecule is CCc1cc(N(C)C(C)CSC)nc(-c2ccncc2)n1. The lowest BCUT2D eigenvalue weighted by Gasteiger charge is -2.26. The third kappa shape index (κ3) is 3.94. The van der Waals surface area contributed by atoms with Crippen molar-refractivity contribution in [3.8, 4) is 11.4 Å². The van der Waals surface area contributed by atoms with Gasteiger partial charge in [-0.25, -0.2) is 9.97 Å². The van der Waals surface area contributed by atoms with Crippen LogP contribution in [0.15, 0.2) is 30.6 Å². The van der Waals surface area contributed by atoms with E-state index < -0.39 is 0 Å². The van der Waals surface area contributed by atoms with E-state index >= 15 is 0 Å². The van der Waals surface area contributed by atoms with E-state index in [1.807, 2.05) is 23.9 Å². The molecule has 0 aliphatic carbocycles. The Morgan fingerprint density at radius 3 is 2.57 bits per heavy atom. The van der Waals surface area contributed by atoms with Crippen molar-refractivity contribution in [2.24, 2.45) is 0 Å². The summed E-state index contributed by atoms with van der Waals surface area (Å²) in [7, 11) is 2.10. The van der Waals surface area contributed by atoms with Crippen LogP contribution in [0.1, 0.15) is 19.5 Å². The molecule has 112 valence electrons. The molecule has 0 aliphatic rings. The average Bonchev–Trinajstić information content (AvgIpc) is 2.54. The zero-order chi connectivity index (χ0) is 15.2. The van der Waals surface area contributed by atoms with Crippen molar-refractivity contribution in [3.63, 3.8) is 0 Å². The van der Waals surface area contributed by atoms with E-state index in [-0.39, 0.29) is 0 Å². The molecule has 21 heavy (non-hydrogen) atoms. The maximum atomic E-state index is 4.73. The molecule has 2 aromatic heterocycles. The Labute approximate surface area is 131 Å². The van der Waals surface area contributed by atoms with Crippen LogP contribution < -0.4 is 4.90 Å². The first kappa shape index (κ1) is 15.8. The van der Waals surface area contributed by atoms with Gasteiger partial charge in [0, 0.05) is 48.6 Å². The molecular formula is C16H22N4S. The maximum absolute atomic E-state index is 4.73. The molecule has 0 N–H and O–H groups in total. The quantitative estimate of drug-likeness (QED) is 0.819. The van der Waals surface area contributed by atoms with Gasteiger partial charge in [-0.2, -0.15) is 11.8 Å². The molecule has 0 aliphatic heterocycles. The zero-order valence-electron chi connectivity index (χ0n) is 13.1. The molecule has 4 nitrogen and oxygen atoms in total. The van der Waals surface area contributed by atoms with Crippen LogP contribution in [0.5, 0.6) is 0 Å². The predicted octanol–water partition coefficient (Wildman–Crippen LogP) is 3.29. The van der Waals surface area contributed by atoms with Gasteiger partial charge in [0.2, 0.25) is 0 Å². The molecule has 0 fully saturated rings. The first-order valence-electron chi connectivity index (χ1n) is 7.15. The van der Waals surface area contributed by atoms with E-state index in [9.17, 15) is 0 Å². The molecular weight excluding hydrogens is 280 g/mol. The molecule has 1 atom stereocenters. The molecule has 2 heterocycles. The monoisotopic (exact) mass is 302 g/mol. The molecule has 2 rings (SSSR count). The summed E-state index contributed by atoms with van der Waals surface area (Å²) in [6.07, 6.45) is 6.58. The van der Waals surface area contributed by atoms with Crippen molar-refractivity contribution in [1.82, 2.24) is 15.0 Å². The fourth-order valence-corrected chi connectivity index (χ4v) is 2.76. The summed E-state index contributed by atoms with van der Waals surface area (Å²) in [4.78, 5) is 15.7. The average molecular weight is 302 g/mol. The van der Waals surface area contributed by atoms with E-state index in [0.29, 0.717) is 6.04 Å². The van der Waals surface area contributed by atoms with E-state index in [4.69, 9.17) is 4.98 Å². The number of hydrogen-bond donors (Lipinski definition) is 0. The number of aryl methyl sites for hydroxylation is 1. The van der Waals surface area contributed by atoms with E-state index in [0.717, 1.165) is 35.1 Å². The van der Waals surface area contributed by atoms with Gasteiger partial charge in [0.05, 0.1) is 0 Å². The standard InChI is InChI=1S/C16H22N4S/c1-5-14-10-15(20(3)12(2)11-21-4)19-16(18-14)13-6-8-17-9-7-13/h6-10,12H,5,11H2,1-4H3. The molecule has 0 bridgehead atoms. The van der Waals surface area contributed by atoms with Crippen molar-refractivity contribution in [2.45, 2.75) is 26.3 Å². The molecule has 0 radical (unpaired) electrons. The Kier molecular flexibility index (Phi) is 5.56. The highest BCUT2D eigenvalue weighted by Crippen LogP contribution is 2.21. The molecule has 0 saturated heterocycles. The summed E-state index contributed by atoms with van der Waals surface area (Å²) in [6, 6.07) is 6.42. The Morgan fingerprint density at radius 1 is 1.24 bits per heavy atom. The minimum Gasteiger partial charge on any atom is -0.356 e. The van der Waals surface area contributed by atoms with Gasteiger partial charge in [0.25, 0.3) is 0 Å². The Morgan fingerprint density at radius 2 is 1.95 bits per heavy atom. The molecule has 2 aromatic rings. The van der Waals surface area contributed by atoms with Crippen LogP contribution in [-0.2, 0) is 6.42 Å². The predicted molar refractivity (Wildman–Crippen MR) is 90.9 cm³/mol. The first-order valence-corrected chi connectivity index (χ1v) is 8.55. The summed E-state index contributed by atoms with van der Waals surface area (Å²) >= 11 is 1.85. The number of thioether (sulfide) groups is 1. The highest BCUT2D eigenvalue weighted by atomic mass is 32.2. The minimum atomic E-state index is 0.435. The van der Waals surface area contributed by atoms with Gasteiger partial charge >= 0.3 is 0 Å². The number of anilines is 1. The van der Waals surface area contributed by atoms with Crippen molar-refractivity contribution in [3.05, 3.63) is 36.3 Å². The largest absolute Gasteiger partial charge is 0.356 e. The van der Waals surface area contributed by atoms with Crippen LogP contribution in [0.2, 0.25) is 0 Å². The second-order valence-corrected chi connectivity index (χ2v) is 5.96. The topological polar surface area (TPSA) is 41.9 Å². The van der Waals surface area contributed by atoms with Gasteiger partial charge in [-0.3, -0.25) is 4.98 Å². The Hall–Kier alpha value is -1.62. The highest BCUT2D eigenvalue weighted by molar-refractivity contribution is 7.98. The van der Waals surface area contributed by atoms with Crippen LogP contribution in [0.25, 0.3) is 11.4 Å². The Balaban J connectivity index is 2.38. The fraction of sp³-hybridized carbons (Fsp3) is 0.438. The lowest BCUT2D eigenvalue weighted by Crippen LogP contribution is -2.31. The van der Waals surface area contributed by atoms with E-state index in [1.54, 1.807) is 12.4 Å². The second-order valence-electron chi connectivity index (χ2n) is 5.05. The normalized spacial score (nSPS) is 12.2. The van der Waals surface area contributed by atoms with Gasteiger partial charge < -0.3 is 4.90 Å².